The fourth-order valence-corrected chi connectivity index (χ4v) is 3.75. The number of carbonyl (C=O) groups excluding carboxylic acids is 1. The Morgan fingerprint density at radius 2 is 2.07 bits per heavy atom. The average Bonchev–Trinajstić information content (AvgIpc) is 3.16. The lowest BCUT2D eigenvalue weighted by Gasteiger charge is -2.31. The van der Waals surface area contributed by atoms with E-state index in [0.717, 1.165) is 55.0 Å². The number of anilines is 1. The van der Waals surface area contributed by atoms with Gasteiger partial charge in [-0.1, -0.05) is 0 Å². The molecule has 0 radical (unpaired) electrons. The molecule has 0 spiro atoms. The van der Waals surface area contributed by atoms with Crippen molar-refractivity contribution in [3.63, 3.8) is 0 Å². The number of piperidine rings is 1. The molecule has 0 atom stereocenters. The van der Waals surface area contributed by atoms with Crippen molar-refractivity contribution in [1.29, 1.82) is 0 Å². The maximum atomic E-state index is 12.5. The third kappa shape index (κ3) is 3.93. The summed E-state index contributed by atoms with van der Waals surface area (Å²) in [5.41, 5.74) is 2.27. The van der Waals surface area contributed by atoms with Crippen LogP contribution in [0.15, 0.2) is 42.9 Å². The van der Waals surface area contributed by atoms with Crippen molar-refractivity contribution in [3.8, 4) is 5.75 Å². The molecule has 28 heavy (non-hydrogen) atoms. The number of methoxy groups -OCH3 is 1. The summed E-state index contributed by atoms with van der Waals surface area (Å²) in [6, 6.07) is 7.80. The third-order valence-electron chi connectivity index (χ3n) is 5.37. The minimum absolute atomic E-state index is 0.0584. The van der Waals surface area contributed by atoms with Gasteiger partial charge in [-0.25, -0.2) is 9.97 Å². The number of H-pyrrole nitrogens is 1. The molecule has 3 heterocycles. The molecule has 1 aliphatic rings. The van der Waals surface area contributed by atoms with E-state index in [1.807, 2.05) is 30.5 Å². The summed E-state index contributed by atoms with van der Waals surface area (Å²) < 4.78 is 5.31. The number of rotatable bonds is 6. The van der Waals surface area contributed by atoms with E-state index in [-0.39, 0.29) is 11.8 Å². The van der Waals surface area contributed by atoms with Gasteiger partial charge in [0.05, 0.1) is 7.11 Å². The summed E-state index contributed by atoms with van der Waals surface area (Å²) in [6.07, 6.45) is 7.95. The number of carbonyl (C=O) groups is 1. The predicted octanol–water partition coefficient (Wildman–Crippen LogP) is 2.54. The van der Waals surface area contributed by atoms with Crippen LogP contribution < -0.4 is 15.0 Å². The Balaban J connectivity index is 1.27. The number of nitrogens with zero attached hydrogens (tertiary/aromatic N) is 3. The molecule has 0 unspecified atom stereocenters. The largest absolute Gasteiger partial charge is 0.497 e. The lowest BCUT2D eigenvalue weighted by atomic mass is 9.96. The summed E-state index contributed by atoms with van der Waals surface area (Å²) in [5.74, 6) is 1.79. The maximum absolute atomic E-state index is 12.5. The molecule has 2 N–H and O–H groups in total. The van der Waals surface area contributed by atoms with Gasteiger partial charge in [-0.05, 0) is 49.1 Å². The van der Waals surface area contributed by atoms with Gasteiger partial charge in [0.25, 0.3) is 0 Å². The first-order chi connectivity index (χ1) is 13.7. The molecule has 7 nitrogen and oxygen atoms in total. The number of aromatic nitrogens is 3. The number of amides is 1. The molecule has 1 aromatic carbocycles. The van der Waals surface area contributed by atoms with Crippen molar-refractivity contribution in [2.24, 2.45) is 5.92 Å². The van der Waals surface area contributed by atoms with Crippen LogP contribution in [0.5, 0.6) is 5.75 Å². The van der Waals surface area contributed by atoms with Gasteiger partial charge >= 0.3 is 0 Å². The molecule has 146 valence electrons. The quantitative estimate of drug-likeness (QED) is 0.688. The number of hydrogen-bond acceptors (Lipinski definition) is 5. The number of fused-ring (bicyclic) bond motifs is 1. The zero-order valence-corrected chi connectivity index (χ0v) is 16.0. The highest BCUT2D eigenvalue weighted by atomic mass is 16.5. The van der Waals surface area contributed by atoms with Gasteiger partial charge in [0.1, 0.15) is 5.75 Å². The molecule has 1 saturated heterocycles. The summed E-state index contributed by atoms with van der Waals surface area (Å²) in [6.45, 7) is 2.25. The van der Waals surface area contributed by atoms with Crippen molar-refractivity contribution in [2.75, 3.05) is 31.6 Å². The molecule has 1 fully saturated rings. The Bertz CT molecular complexity index is 932. The highest BCUT2D eigenvalue weighted by Gasteiger charge is 2.25. The van der Waals surface area contributed by atoms with Gasteiger partial charge in [0.15, 0.2) is 0 Å². The first-order valence-corrected chi connectivity index (χ1v) is 9.68. The van der Waals surface area contributed by atoms with Crippen LogP contribution in [-0.2, 0) is 11.2 Å². The van der Waals surface area contributed by atoms with E-state index >= 15 is 0 Å². The average molecular weight is 379 g/mol. The van der Waals surface area contributed by atoms with Crippen LogP contribution in [0.1, 0.15) is 18.4 Å². The molecule has 1 amide bonds. The monoisotopic (exact) mass is 379 g/mol. The second-order valence-electron chi connectivity index (χ2n) is 7.08. The normalized spacial score (nSPS) is 15.0. The van der Waals surface area contributed by atoms with Crippen molar-refractivity contribution < 1.29 is 9.53 Å². The van der Waals surface area contributed by atoms with Crippen molar-refractivity contribution in [3.05, 3.63) is 48.4 Å². The van der Waals surface area contributed by atoms with Gasteiger partial charge in [0, 0.05) is 55.0 Å². The van der Waals surface area contributed by atoms with E-state index in [9.17, 15) is 4.79 Å². The first-order valence-electron chi connectivity index (χ1n) is 9.68. The Labute approximate surface area is 164 Å². The van der Waals surface area contributed by atoms with Crippen LogP contribution in [0, 0.1) is 5.92 Å². The zero-order chi connectivity index (χ0) is 19.3. The maximum Gasteiger partial charge on any atom is 0.225 e. The summed E-state index contributed by atoms with van der Waals surface area (Å²) >= 11 is 0. The van der Waals surface area contributed by atoms with Gasteiger partial charge in [0.2, 0.25) is 11.9 Å². The standard InChI is InChI=1S/C21H25N5O2/c1-28-17-3-4-19-18(13-17)16(14-25-19)5-10-22-20(27)15-6-11-26(12-7-15)21-23-8-2-9-24-21/h2-4,8-9,13-15,25H,5-7,10-12H2,1H3,(H,22,27). The van der Waals surface area contributed by atoms with Crippen LogP contribution in [0.2, 0.25) is 0 Å². The fraction of sp³-hybridized carbons (Fsp3) is 0.381. The number of nitrogens with one attached hydrogen (secondary N) is 2. The molecule has 1 aliphatic heterocycles. The first kappa shape index (κ1) is 18.3. The fourth-order valence-electron chi connectivity index (χ4n) is 3.75. The summed E-state index contributed by atoms with van der Waals surface area (Å²) in [4.78, 5) is 26.5. The Hall–Kier alpha value is -3.09. The van der Waals surface area contributed by atoms with E-state index in [1.165, 1.54) is 5.56 Å². The Kier molecular flexibility index (Phi) is 5.41. The molecule has 7 heteroatoms. The predicted molar refractivity (Wildman–Crippen MR) is 109 cm³/mol. The van der Waals surface area contributed by atoms with Gasteiger partial charge in [-0.15, -0.1) is 0 Å². The molecule has 0 bridgehead atoms. The van der Waals surface area contributed by atoms with Crippen molar-refractivity contribution in [2.45, 2.75) is 19.3 Å². The Morgan fingerprint density at radius 1 is 1.29 bits per heavy atom. The molecular formula is C21H25N5O2. The summed E-state index contributed by atoms with van der Waals surface area (Å²) in [7, 11) is 1.67. The molecule has 0 saturated carbocycles. The number of ether oxygens (including phenoxy) is 1. The molecular weight excluding hydrogens is 354 g/mol. The number of aromatic amines is 1. The smallest absolute Gasteiger partial charge is 0.225 e. The van der Waals surface area contributed by atoms with Crippen molar-refractivity contribution >= 4 is 22.8 Å². The van der Waals surface area contributed by atoms with Crippen LogP contribution in [0.3, 0.4) is 0 Å². The zero-order valence-electron chi connectivity index (χ0n) is 16.0. The highest BCUT2D eigenvalue weighted by Crippen LogP contribution is 2.24. The Morgan fingerprint density at radius 3 is 2.82 bits per heavy atom. The second-order valence-corrected chi connectivity index (χ2v) is 7.08. The number of hydrogen-bond donors (Lipinski definition) is 2. The van der Waals surface area contributed by atoms with Crippen LogP contribution in [-0.4, -0.2) is 47.6 Å². The SMILES string of the molecule is COc1ccc2[nH]cc(CCNC(=O)C3CCN(c4ncccn4)CC3)c2c1. The van der Waals surface area contributed by atoms with Crippen molar-refractivity contribution in [1.82, 2.24) is 20.3 Å². The minimum atomic E-state index is 0.0584. The molecule has 3 aromatic rings. The highest BCUT2D eigenvalue weighted by molar-refractivity contribution is 5.85. The second kappa shape index (κ2) is 8.29. The molecule has 0 aliphatic carbocycles. The lowest BCUT2D eigenvalue weighted by Crippen LogP contribution is -2.41. The lowest BCUT2D eigenvalue weighted by molar-refractivity contribution is -0.125. The number of benzene rings is 1. The van der Waals surface area contributed by atoms with Crippen LogP contribution >= 0.6 is 0 Å². The molecule has 4 rings (SSSR count). The van der Waals surface area contributed by atoms with E-state index in [4.69, 9.17) is 4.74 Å². The van der Waals surface area contributed by atoms with Crippen LogP contribution in [0.4, 0.5) is 5.95 Å². The van der Waals surface area contributed by atoms with E-state index < -0.39 is 0 Å². The van der Waals surface area contributed by atoms with E-state index in [0.29, 0.717) is 6.54 Å². The van der Waals surface area contributed by atoms with Gasteiger partial charge < -0.3 is 19.9 Å². The topological polar surface area (TPSA) is 83.1 Å². The van der Waals surface area contributed by atoms with Gasteiger partial charge in [-0.2, -0.15) is 0 Å². The van der Waals surface area contributed by atoms with Gasteiger partial charge in [-0.3, -0.25) is 4.79 Å². The third-order valence-corrected chi connectivity index (χ3v) is 5.37. The van der Waals surface area contributed by atoms with E-state index in [2.05, 4.69) is 25.2 Å². The van der Waals surface area contributed by atoms with E-state index in [1.54, 1.807) is 19.5 Å². The minimum Gasteiger partial charge on any atom is -0.497 e. The molecule has 2 aromatic heterocycles. The van der Waals surface area contributed by atoms with Crippen LogP contribution in [0.25, 0.3) is 10.9 Å². The summed E-state index contributed by atoms with van der Waals surface area (Å²) in [5, 5.41) is 4.25.